The van der Waals surface area contributed by atoms with Gasteiger partial charge in [0, 0.05) is 34.3 Å². The van der Waals surface area contributed by atoms with Crippen LogP contribution in [0, 0.1) is 0 Å². The van der Waals surface area contributed by atoms with Gasteiger partial charge >= 0.3 is 0 Å². The number of thiophene rings is 1. The number of carbonyl (C=O) groups excluding carboxylic acids is 2. The SMILES string of the molecule is CC(=O)Nc1ccc(NC(=O)Cn2cnc3scc(-c4ccc(Cl)cc4)c3c2=O)cc1. The minimum absolute atomic E-state index is 0.175. The second kappa shape index (κ2) is 8.71. The number of halogens is 1. The number of rotatable bonds is 5. The molecule has 2 aromatic carbocycles. The van der Waals surface area contributed by atoms with Gasteiger partial charge in [-0.15, -0.1) is 11.3 Å². The van der Waals surface area contributed by atoms with Crippen LogP contribution in [0.4, 0.5) is 11.4 Å². The van der Waals surface area contributed by atoms with Crippen LogP contribution in [0.3, 0.4) is 0 Å². The molecule has 0 bridgehead atoms. The normalized spacial score (nSPS) is 10.8. The summed E-state index contributed by atoms with van der Waals surface area (Å²) in [5.74, 6) is -0.538. The number of hydrogen-bond acceptors (Lipinski definition) is 5. The quantitative estimate of drug-likeness (QED) is 0.470. The third-order valence-corrected chi connectivity index (χ3v) is 5.66. The van der Waals surface area contributed by atoms with Gasteiger partial charge in [-0.05, 0) is 42.0 Å². The molecule has 0 radical (unpaired) electrons. The summed E-state index contributed by atoms with van der Waals surface area (Å²) in [4.78, 5) is 41.6. The summed E-state index contributed by atoms with van der Waals surface area (Å²) < 4.78 is 1.29. The lowest BCUT2D eigenvalue weighted by atomic mass is 10.1. The minimum atomic E-state index is -0.362. The third-order valence-electron chi connectivity index (χ3n) is 4.52. The first-order valence-corrected chi connectivity index (χ1v) is 10.6. The summed E-state index contributed by atoms with van der Waals surface area (Å²) in [6, 6.07) is 13.9. The fourth-order valence-corrected chi connectivity index (χ4v) is 4.15. The number of aromatic nitrogens is 2. The average Bonchev–Trinajstić information content (AvgIpc) is 3.17. The van der Waals surface area contributed by atoms with Crippen LogP contribution in [0.5, 0.6) is 0 Å². The molecule has 2 amide bonds. The molecular formula is C22H17ClN4O3S. The first-order valence-electron chi connectivity index (χ1n) is 9.31. The van der Waals surface area contributed by atoms with Gasteiger partial charge in [-0.25, -0.2) is 4.98 Å². The lowest BCUT2D eigenvalue weighted by molar-refractivity contribution is -0.117. The van der Waals surface area contributed by atoms with E-state index in [1.54, 1.807) is 36.4 Å². The molecule has 0 saturated carbocycles. The Balaban J connectivity index is 1.56. The van der Waals surface area contributed by atoms with E-state index in [1.165, 1.54) is 29.2 Å². The fraction of sp³-hybridized carbons (Fsp3) is 0.0909. The topological polar surface area (TPSA) is 93.1 Å². The highest BCUT2D eigenvalue weighted by molar-refractivity contribution is 7.17. The maximum Gasteiger partial charge on any atom is 0.263 e. The van der Waals surface area contributed by atoms with Crippen LogP contribution in [0.25, 0.3) is 21.3 Å². The highest BCUT2D eigenvalue weighted by Gasteiger charge is 2.15. The highest BCUT2D eigenvalue weighted by atomic mass is 35.5. The Hall–Kier alpha value is -3.49. The van der Waals surface area contributed by atoms with Crippen molar-refractivity contribution >= 4 is 56.3 Å². The van der Waals surface area contributed by atoms with Gasteiger partial charge in [0.2, 0.25) is 11.8 Å². The Morgan fingerprint density at radius 3 is 2.32 bits per heavy atom. The van der Waals surface area contributed by atoms with Gasteiger partial charge in [0.15, 0.2) is 0 Å². The summed E-state index contributed by atoms with van der Waals surface area (Å²) >= 11 is 7.34. The predicted octanol–water partition coefficient (Wildman–Crippen LogP) is 4.38. The molecule has 0 spiro atoms. The molecule has 4 rings (SSSR count). The first-order chi connectivity index (χ1) is 14.9. The van der Waals surface area contributed by atoms with Crippen molar-refractivity contribution in [2.45, 2.75) is 13.5 Å². The van der Waals surface area contributed by atoms with Crippen LogP contribution in [-0.2, 0) is 16.1 Å². The van der Waals surface area contributed by atoms with Crippen molar-refractivity contribution in [1.82, 2.24) is 9.55 Å². The maximum atomic E-state index is 13.1. The van der Waals surface area contributed by atoms with Gasteiger partial charge in [0.1, 0.15) is 11.4 Å². The smallest absolute Gasteiger partial charge is 0.263 e. The van der Waals surface area contributed by atoms with Crippen molar-refractivity contribution < 1.29 is 9.59 Å². The Kier molecular flexibility index (Phi) is 5.83. The Morgan fingerprint density at radius 1 is 1.03 bits per heavy atom. The number of nitrogens with one attached hydrogen (secondary N) is 2. The zero-order chi connectivity index (χ0) is 22.0. The van der Waals surface area contributed by atoms with Crippen molar-refractivity contribution in [1.29, 1.82) is 0 Å². The summed E-state index contributed by atoms with van der Waals surface area (Å²) in [6.07, 6.45) is 1.38. The van der Waals surface area contributed by atoms with Crippen molar-refractivity contribution in [3.8, 4) is 11.1 Å². The fourth-order valence-electron chi connectivity index (χ4n) is 3.12. The van der Waals surface area contributed by atoms with Crippen molar-refractivity contribution in [2.24, 2.45) is 0 Å². The molecule has 0 atom stereocenters. The van der Waals surface area contributed by atoms with Crippen molar-refractivity contribution in [3.63, 3.8) is 0 Å². The lowest BCUT2D eigenvalue weighted by Crippen LogP contribution is -2.27. The molecule has 31 heavy (non-hydrogen) atoms. The van der Waals surface area contributed by atoms with Crippen LogP contribution < -0.4 is 16.2 Å². The number of benzene rings is 2. The molecule has 2 heterocycles. The Bertz CT molecular complexity index is 1330. The van der Waals surface area contributed by atoms with Gasteiger partial charge in [0.05, 0.1) is 11.7 Å². The van der Waals surface area contributed by atoms with E-state index < -0.39 is 0 Å². The molecule has 0 fully saturated rings. The summed E-state index contributed by atoms with van der Waals surface area (Å²) in [5.41, 5.74) is 2.52. The van der Waals surface area contributed by atoms with Gasteiger partial charge < -0.3 is 10.6 Å². The van der Waals surface area contributed by atoms with E-state index >= 15 is 0 Å². The minimum Gasteiger partial charge on any atom is -0.326 e. The molecule has 2 aromatic heterocycles. The van der Waals surface area contributed by atoms with E-state index in [0.717, 1.165) is 11.1 Å². The molecule has 0 saturated heterocycles. The largest absolute Gasteiger partial charge is 0.326 e. The molecule has 2 N–H and O–H groups in total. The van der Waals surface area contributed by atoms with Crippen molar-refractivity contribution in [3.05, 3.63) is 75.6 Å². The van der Waals surface area contributed by atoms with E-state index in [1.807, 2.05) is 17.5 Å². The maximum absolute atomic E-state index is 13.1. The van der Waals surface area contributed by atoms with E-state index in [4.69, 9.17) is 11.6 Å². The lowest BCUT2D eigenvalue weighted by Gasteiger charge is -2.09. The predicted molar refractivity (Wildman–Crippen MR) is 124 cm³/mol. The van der Waals surface area contributed by atoms with Gasteiger partial charge in [-0.2, -0.15) is 0 Å². The second-order valence-corrected chi connectivity index (χ2v) is 8.12. The van der Waals surface area contributed by atoms with Crippen LogP contribution in [0.15, 0.2) is 65.0 Å². The molecule has 7 nitrogen and oxygen atoms in total. The van der Waals surface area contributed by atoms with Gasteiger partial charge in [-0.1, -0.05) is 23.7 Å². The van der Waals surface area contributed by atoms with Crippen molar-refractivity contribution in [2.75, 3.05) is 10.6 Å². The van der Waals surface area contributed by atoms with Crippen LogP contribution >= 0.6 is 22.9 Å². The molecule has 0 aliphatic heterocycles. The summed E-state index contributed by atoms with van der Waals surface area (Å²) in [6.45, 7) is 1.25. The summed E-state index contributed by atoms with van der Waals surface area (Å²) in [5, 5.41) is 8.36. The molecule has 0 aliphatic rings. The Labute approximate surface area is 186 Å². The van der Waals surface area contributed by atoms with E-state index in [-0.39, 0.29) is 23.9 Å². The first kappa shape index (κ1) is 20.8. The zero-order valence-electron chi connectivity index (χ0n) is 16.4. The molecule has 156 valence electrons. The zero-order valence-corrected chi connectivity index (χ0v) is 18.0. The average molecular weight is 453 g/mol. The standard InChI is InChI=1S/C22H17ClN4O3S/c1-13(28)25-16-6-8-17(9-7-16)26-19(29)10-27-12-24-21-20(22(27)30)18(11-31-21)14-2-4-15(23)5-3-14/h2-9,11-12H,10H2,1H3,(H,25,28)(H,26,29). The molecular weight excluding hydrogens is 436 g/mol. The summed E-state index contributed by atoms with van der Waals surface area (Å²) in [7, 11) is 0. The number of carbonyl (C=O) groups is 2. The number of hydrogen-bond donors (Lipinski definition) is 2. The number of fused-ring (bicyclic) bond motifs is 1. The van der Waals surface area contributed by atoms with Crippen LogP contribution in [-0.4, -0.2) is 21.4 Å². The van der Waals surface area contributed by atoms with Gasteiger partial charge in [0.25, 0.3) is 5.56 Å². The number of nitrogens with zero attached hydrogens (tertiary/aromatic N) is 2. The highest BCUT2D eigenvalue weighted by Crippen LogP contribution is 2.31. The Morgan fingerprint density at radius 2 is 1.68 bits per heavy atom. The van der Waals surface area contributed by atoms with E-state index in [9.17, 15) is 14.4 Å². The van der Waals surface area contributed by atoms with Crippen LogP contribution in [0.2, 0.25) is 5.02 Å². The van der Waals surface area contributed by atoms with Crippen LogP contribution in [0.1, 0.15) is 6.92 Å². The van der Waals surface area contributed by atoms with E-state index in [2.05, 4.69) is 15.6 Å². The third kappa shape index (κ3) is 4.65. The number of anilines is 2. The monoisotopic (exact) mass is 452 g/mol. The number of amides is 2. The molecule has 0 unspecified atom stereocenters. The van der Waals surface area contributed by atoms with E-state index in [0.29, 0.717) is 26.6 Å². The van der Waals surface area contributed by atoms with Gasteiger partial charge in [-0.3, -0.25) is 19.0 Å². The second-order valence-electron chi connectivity index (χ2n) is 6.82. The molecule has 9 heteroatoms. The molecule has 4 aromatic rings. The molecule has 0 aliphatic carbocycles.